The zero-order chi connectivity index (χ0) is 20.5. The van der Waals surface area contributed by atoms with Crippen molar-refractivity contribution in [1.82, 2.24) is 9.80 Å². The number of benzene rings is 2. The number of amides is 2. The molecule has 0 spiro atoms. The molecule has 1 saturated carbocycles. The van der Waals surface area contributed by atoms with Crippen LogP contribution in [0.25, 0.3) is 11.1 Å². The Morgan fingerprint density at radius 3 is 2.41 bits per heavy atom. The number of aryl methyl sites for hydroxylation is 1. The minimum atomic E-state index is -0.216. The summed E-state index contributed by atoms with van der Waals surface area (Å²) < 4.78 is 13.5. The SMILES string of the molecule is Cc1cc(-c2ccc(C(=O)N(C)C[C@@H]3CCN(C(=O)C4CC4)C3)cc2)ccc1F. The molecule has 2 aliphatic rings. The third kappa shape index (κ3) is 4.34. The molecule has 1 heterocycles. The number of rotatable bonds is 5. The monoisotopic (exact) mass is 394 g/mol. The van der Waals surface area contributed by atoms with E-state index < -0.39 is 0 Å². The Hall–Kier alpha value is -2.69. The third-order valence-electron chi connectivity index (χ3n) is 6.03. The highest BCUT2D eigenvalue weighted by Crippen LogP contribution is 2.33. The molecule has 1 atom stereocenters. The van der Waals surface area contributed by atoms with Crippen molar-refractivity contribution in [2.45, 2.75) is 26.2 Å². The molecule has 1 aliphatic carbocycles. The largest absolute Gasteiger partial charge is 0.342 e. The Morgan fingerprint density at radius 1 is 1.07 bits per heavy atom. The van der Waals surface area contributed by atoms with Gasteiger partial charge in [0.05, 0.1) is 0 Å². The van der Waals surface area contributed by atoms with Gasteiger partial charge in [-0.15, -0.1) is 0 Å². The van der Waals surface area contributed by atoms with Crippen LogP contribution in [0.2, 0.25) is 0 Å². The summed E-state index contributed by atoms with van der Waals surface area (Å²) in [5.74, 6) is 0.669. The Morgan fingerprint density at radius 2 is 1.76 bits per heavy atom. The first-order valence-corrected chi connectivity index (χ1v) is 10.3. The van der Waals surface area contributed by atoms with Gasteiger partial charge in [-0.3, -0.25) is 9.59 Å². The molecule has 0 bridgehead atoms. The van der Waals surface area contributed by atoms with Crippen LogP contribution in [0.4, 0.5) is 4.39 Å². The molecule has 1 saturated heterocycles. The number of likely N-dealkylation sites (tertiary alicyclic amines) is 1. The molecule has 0 unspecified atom stereocenters. The molecule has 0 aromatic heterocycles. The Balaban J connectivity index is 1.36. The van der Waals surface area contributed by atoms with Crippen LogP contribution in [0.3, 0.4) is 0 Å². The van der Waals surface area contributed by atoms with Gasteiger partial charge in [-0.2, -0.15) is 0 Å². The third-order valence-corrected chi connectivity index (χ3v) is 6.03. The average molecular weight is 394 g/mol. The lowest BCUT2D eigenvalue weighted by atomic mass is 10.0. The normalized spacial score (nSPS) is 18.7. The maximum atomic E-state index is 13.5. The quantitative estimate of drug-likeness (QED) is 0.765. The second-order valence-electron chi connectivity index (χ2n) is 8.44. The summed E-state index contributed by atoms with van der Waals surface area (Å²) >= 11 is 0. The van der Waals surface area contributed by atoms with Gasteiger partial charge >= 0.3 is 0 Å². The van der Waals surface area contributed by atoms with Gasteiger partial charge in [-0.1, -0.05) is 18.2 Å². The summed E-state index contributed by atoms with van der Waals surface area (Å²) in [7, 11) is 1.82. The van der Waals surface area contributed by atoms with Gasteiger partial charge in [-0.05, 0) is 73.1 Å². The average Bonchev–Trinajstić information content (AvgIpc) is 3.48. The molecular formula is C24H27FN2O2. The molecule has 4 rings (SSSR count). The van der Waals surface area contributed by atoms with E-state index in [0.29, 0.717) is 29.5 Å². The van der Waals surface area contributed by atoms with Crippen LogP contribution in [-0.2, 0) is 4.79 Å². The number of hydrogen-bond acceptors (Lipinski definition) is 2. The topological polar surface area (TPSA) is 40.6 Å². The second-order valence-corrected chi connectivity index (χ2v) is 8.44. The van der Waals surface area contributed by atoms with Gasteiger partial charge in [0.25, 0.3) is 5.91 Å². The van der Waals surface area contributed by atoms with Gasteiger partial charge in [-0.25, -0.2) is 4.39 Å². The van der Waals surface area contributed by atoms with Crippen LogP contribution in [0.1, 0.15) is 35.2 Å². The molecule has 29 heavy (non-hydrogen) atoms. The molecule has 0 N–H and O–H groups in total. The fourth-order valence-corrected chi connectivity index (χ4v) is 4.09. The predicted octanol–water partition coefficient (Wildman–Crippen LogP) is 4.13. The van der Waals surface area contributed by atoms with Gasteiger partial charge in [0.15, 0.2) is 0 Å². The molecule has 2 aromatic rings. The second kappa shape index (κ2) is 7.97. The highest BCUT2D eigenvalue weighted by atomic mass is 19.1. The first-order chi connectivity index (χ1) is 13.9. The van der Waals surface area contributed by atoms with Crippen molar-refractivity contribution in [1.29, 1.82) is 0 Å². The lowest BCUT2D eigenvalue weighted by Gasteiger charge is -2.22. The van der Waals surface area contributed by atoms with Crippen LogP contribution >= 0.6 is 0 Å². The maximum absolute atomic E-state index is 13.5. The van der Waals surface area contributed by atoms with Crippen molar-refractivity contribution in [2.75, 3.05) is 26.7 Å². The summed E-state index contributed by atoms with van der Waals surface area (Å²) in [4.78, 5) is 28.7. The van der Waals surface area contributed by atoms with Crippen molar-refractivity contribution in [2.24, 2.45) is 11.8 Å². The van der Waals surface area contributed by atoms with E-state index in [1.54, 1.807) is 17.9 Å². The highest BCUT2D eigenvalue weighted by molar-refractivity contribution is 5.94. The van der Waals surface area contributed by atoms with E-state index in [1.807, 2.05) is 42.3 Å². The molecular weight excluding hydrogens is 367 g/mol. The first-order valence-electron chi connectivity index (χ1n) is 10.3. The van der Waals surface area contributed by atoms with E-state index in [9.17, 15) is 14.0 Å². The first kappa shape index (κ1) is 19.6. The van der Waals surface area contributed by atoms with Crippen molar-refractivity contribution in [3.8, 4) is 11.1 Å². The number of carbonyl (C=O) groups is 2. The van der Waals surface area contributed by atoms with Crippen molar-refractivity contribution in [3.05, 3.63) is 59.4 Å². The van der Waals surface area contributed by atoms with Gasteiger partial charge in [0.2, 0.25) is 5.91 Å². The maximum Gasteiger partial charge on any atom is 0.253 e. The summed E-state index contributed by atoms with van der Waals surface area (Å²) in [6.45, 7) is 3.98. The van der Waals surface area contributed by atoms with E-state index in [2.05, 4.69) is 0 Å². The van der Waals surface area contributed by atoms with E-state index >= 15 is 0 Å². The van der Waals surface area contributed by atoms with E-state index in [-0.39, 0.29) is 17.6 Å². The molecule has 2 aromatic carbocycles. The summed E-state index contributed by atoms with van der Waals surface area (Å²) in [6, 6.07) is 12.5. The summed E-state index contributed by atoms with van der Waals surface area (Å²) in [5.41, 5.74) is 3.13. The van der Waals surface area contributed by atoms with Crippen LogP contribution in [0.15, 0.2) is 42.5 Å². The van der Waals surface area contributed by atoms with Crippen LogP contribution in [0.5, 0.6) is 0 Å². The Kier molecular flexibility index (Phi) is 5.39. The number of hydrogen-bond donors (Lipinski definition) is 0. The zero-order valence-electron chi connectivity index (χ0n) is 17.0. The molecule has 5 heteroatoms. The van der Waals surface area contributed by atoms with Gasteiger partial charge in [0.1, 0.15) is 5.82 Å². The minimum Gasteiger partial charge on any atom is -0.342 e. The minimum absolute atomic E-state index is 0.0150. The number of halogens is 1. The fraction of sp³-hybridized carbons (Fsp3) is 0.417. The van der Waals surface area contributed by atoms with Crippen molar-refractivity contribution in [3.63, 3.8) is 0 Å². The predicted molar refractivity (Wildman–Crippen MR) is 111 cm³/mol. The lowest BCUT2D eigenvalue weighted by molar-refractivity contribution is -0.131. The molecule has 4 nitrogen and oxygen atoms in total. The summed E-state index contributed by atoms with van der Waals surface area (Å²) in [6.07, 6.45) is 3.02. The van der Waals surface area contributed by atoms with Crippen molar-refractivity contribution < 1.29 is 14.0 Å². The summed E-state index contributed by atoms with van der Waals surface area (Å²) in [5, 5.41) is 0. The molecule has 2 amide bonds. The number of carbonyl (C=O) groups excluding carboxylic acids is 2. The lowest BCUT2D eigenvalue weighted by Crippen LogP contribution is -2.34. The number of nitrogens with zero attached hydrogens (tertiary/aromatic N) is 2. The molecule has 1 aliphatic heterocycles. The van der Waals surface area contributed by atoms with Crippen LogP contribution < -0.4 is 0 Å². The highest BCUT2D eigenvalue weighted by Gasteiger charge is 2.36. The van der Waals surface area contributed by atoms with Crippen LogP contribution in [-0.4, -0.2) is 48.3 Å². The van der Waals surface area contributed by atoms with E-state index in [4.69, 9.17) is 0 Å². The van der Waals surface area contributed by atoms with E-state index in [1.165, 1.54) is 6.07 Å². The zero-order valence-corrected chi connectivity index (χ0v) is 17.0. The van der Waals surface area contributed by atoms with Gasteiger partial charge in [0, 0.05) is 38.2 Å². The standard InChI is InChI=1S/C24H27FN2O2/c1-16-13-21(9-10-22(16)25)18-3-5-19(6-4-18)23(28)26(2)14-17-11-12-27(15-17)24(29)20-7-8-20/h3-6,9-10,13,17,20H,7-8,11-12,14-15H2,1-2H3/t17-/m0/s1. The molecule has 0 radical (unpaired) electrons. The Labute approximate surface area is 171 Å². The van der Waals surface area contributed by atoms with Crippen LogP contribution in [0, 0.1) is 24.6 Å². The van der Waals surface area contributed by atoms with E-state index in [0.717, 1.165) is 43.5 Å². The fourth-order valence-electron chi connectivity index (χ4n) is 4.09. The van der Waals surface area contributed by atoms with Gasteiger partial charge < -0.3 is 9.80 Å². The molecule has 152 valence electrons. The smallest absolute Gasteiger partial charge is 0.253 e. The molecule has 2 fully saturated rings. The van der Waals surface area contributed by atoms with Crippen molar-refractivity contribution >= 4 is 11.8 Å². The Bertz CT molecular complexity index is 921.